The molecule has 4 amide bonds. The molecule has 2 atom stereocenters. The van der Waals surface area contributed by atoms with Crippen LogP contribution in [-0.4, -0.2) is 35.2 Å². The maximum Gasteiger partial charge on any atom is 0.328 e. The quantitative estimate of drug-likeness (QED) is 0.279. The molecule has 106 valence electrons. The Hall–Kier alpha value is -1.54. The molecule has 0 rings (SSSR count). The van der Waals surface area contributed by atoms with E-state index in [4.69, 9.17) is 23.2 Å². The number of amides is 4. The van der Waals surface area contributed by atoms with Crippen molar-refractivity contribution < 1.29 is 9.59 Å². The molecule has 0 bridgehead atoms. The van der Waals surface area contributed by atoms with Crippen LogP contribution in [-0.2, 0) is 0 Å². The summed E-state index contributed by atoms with van der Waals surface area (Å²) in [7, 11) is 0. The smallest absolute Gasteiger partial charge is 0.328 e. The van der Waals surface area contributed by atoms with Crippen LogP contribution < -0.4 is 23.2 Å². The molecule has 8 heteroatoms. The van der Waals surface area contributed by atoms with E-state index in [9.17, 15) is 9.59 Å². The first-order valence-corrected chi connectivity index (χ1v) is 5.87. The Labute approximate surface area is 107 Å². The van der Waals surface area contributed by atoms with E-state index in [1.807, 2.05) is 13.8 Å². The molecular formula is C10H24N6O2. The fraction of sp³-hybridized carbons (Fsp3) is 0.800. The highest BCUT2D eigenvalue weighted by atomic mass is 16.2. The molecule has 8 nitrogen and oxygen atoms in total. The van der Waals surface area contributed by atoms with Crippen molar-refractivity contribution in [2.75, 3.05) is 13.1 Å². The van der Waals surface area contributed by atoms with Crippen molar-refractivity contribution >= 4 is 12.1 Å². The average Bonchev–Trinajstić information content (AvgIpc) is 2.24. The van der Waals surface area contributed by atoms with Gasteiger partial charge in [-0.3, -0.25) is 10.0 Å². The van der Waals surface area contributed by atoms with Crippen LogP contribution in [0.5, 0.6) is 0 Å². The second-order valence-electron chi connectivity index (χ2n) is 4.76. The number of nitrogens with zero attached hydrogens (tertiary/aromatic N) is 2. The molecule has 0 aliphatic heterocycles. The molecule has 18 heavy (non-hydrogen) atoms. The number of carbonyl (C=O) groups is 2. The Morgan fingerprint density at radius 3 is 1.94 bits per heavy atom. The molecule has 0 radical (unpaired) electrons. The predicted molar refractivity (Wildman–Crippen MR) is 68.5 cm³/mol. The van der Waals surface area contributed by atoms with E-state index in [2.05, 4.69) is 0 Å². The van der Waals surface area contributed by atoms with Crippen LogP contribution in [0.1, 0.15) is 26.7 Å². The van der Waals surface area contributed by atoms with Crippen LogP contribution in [0, 0.1) is 11.8 Å². The van der Waals surface area contributed by atoms with E-state index in [-0.39, 0.29) is 5.92 Å². The van der Waals surface area contributed by atoms with Crippen molar-refractivity contribution in [1.82, 2.24) is 10.0 Å². The van der Waals surface area contributed by atoms with Crippen LogP contribution in [0.15, 0.2) is 0 Å². The van der Waals surface area contributed by atoms with Gasteiger partial charge in [-0.1, -0.05) is 13.8 Å². The van der Waals surface area contributed by atoms with Gasteiger partial charge in [0.2, 0.25) is 0 Å². The largest absolute Gasteiger partial charge is 0.350 e. The Morgan fingerprint density at radius 2 is 1.50 bits per heavy atom. The van der Waals surface area contributed by atoms with Gasteiger partial charge < -0.3 is 11.5 Å². The van der Waals surface area contributed by atoms with Gasteiger partial charge in [0, 0.05) is 13.1 Å². The van der Waals surface area contributed by atoms with E-state index in [1.165, 1.54) is 0 Å². The summed E-state index contributed by atoms with van der Waals surface area (Å²) in [5.74, 6) is 11.4. The molecule has 0 fully saturated rings. The van der Waals surface area contributed by atoms with Crippen LogP contribution in [0.25, 0.3) is 0 Å². The van der Waals surface area contributed by atoms with Gasteiger partial charge in [-0.25, -0.2) is 21.3 Å². The molecule has 0 heterocycles. The number of carbonyl (C=O) groups excluding carboxylic acids is 2. The summed E-state index contributed by atoms with van der Waals surface area (Å²) in [5, 5.41) is 1.98. The first-order chi connectivity index (χ1) is 8.23. The third-order valence-corrected chi connectivity index (χ3v) is 2.74. The lowest BCUT2D eigenvalue weighted by atomic mass is 9.94. The van der Waals surface area contributed by atoms with Gasteiger partial charge in [0.1, 0.15) is 0 Å². The van der Waals surface area contributed by atoms with Gasteiger partial charge >= 0.3 is 12.1 Å². The Bertz CT molecular complexity index is 286. The SMILES string of the molecule is CC(CCN(N)C(N)=O)CC(C)CN(N)C(N)=O. The second kappa shape index (κ2) is 7.72. The summed E-state index contributed by atoms with van der Waals surface area (Å²) < 4.78 is 0. The van der Waals surface area contributed by atoms with Crippen molar-refractivity contribution in [1.29, 1.82) is 0 Å². The highest BCUT2D eigenvalue weighted by Gasteiger charge is 2.14. The summed E-state index contributed by atoms with van der Waals surface area (Å²) in [6, 6.07) is -1.28. The maximum atomic E-state index is 10.8. The first-order valence-electron chi connectivity index (χ1n) is 5.87. The molecule has 0 aromatic carbocycles. The Kier molecular flexibility index (Phi) is 7.06. The van der Waals surface area contributed by atoms with E-state index in [1.54, 1.807) is 0 Å². The lowest BCUT2D eigenvalue weighted by Crippen LogP contribution is -2.44. The molecule has 0 saturated heterocycles. The molecule has 0 aromatic rings. The van der Waals surface area contributed by atoms with Gasteiger partial charge in [0.15, 0.2) is 0 Å². The molecule has 0 aliphatic carbocycles. The third-order valence-electron chi connectivity index (χ3n) is 2.74. The monoisotopic (exact) mass is 260 g/mol. The van der Waals surface area contributed by atoms with E-state index >= 15 is 0 Å². The number of hydrazine groups is 2. The average molecular weight is 260 g/mol. The van der Waals surface area contributed by atoms with Crippen molar-refractivity contribution in [2.24, 2.45) is 35.0 Å². The summed E-state index contributed by atoms with van der Waals surface area (Å²) in [6.45, 7) is 4.83. The fourth-order valence-electron chi connectivity index (χ4n) is 1.77. The number of hydrogen-bond acceptors (Lipinski definition) is 4. The summed E-state index contributed by atoms with van der Waals surface area (Å²) in [4.78, 5) is 21.5. The predicted octanol–water partition coefficient (Wildman–Crippen LogP) is -0.452. The van der Waals surface area contributed by atoms with Crippen LogP contribution in [0.2, 0.25) is 0 Å². The minimum atomic E-state index is -0.642. The first kappa shape index (κ1) is 16.5. The number of primary amides is 2. The fourth-order valence-corrected chi connectivity index (χ4v) is 1.77. The van der Waals surface area contributed by atoms with Crippen LogP contribution >= 0.6 is 0 Å². The molecule has 0 spiro atoms. The lowest BCUT2D eigenvalue weighted by Gasteiger charge is -2.23. The maximum absolute atomic E-state index is 10.8. The lowest BCUT2D eigenvalue weighted by molar-refractivity contribution is 0.190. The van der Waals surface area contributed by atoms with Gasteiger partial charge in [-0.15, -0.1) is 0 Å². The van der Waals surface area contributed by atoms with Gasteiger partial charge in [0.25, 0.3) is 0 Å². The highest BCUT2D eigenvalue weighted by molar-refractivity contribution is 5.71. The van der Waals surface area contributed by atoms with E-state index < -0.39 is 12.1 Å². The zero-order chi connectivity index (χ0) is 14.3. The Balaban J connectivity index is 3.90. The molecule has 0 aromatic heterocycles. The van der Waals surface area contributed by atoms with E-state index in [0.29, 0.717) is 19.0 Å². The molecular weight excluding hydrogens is 236 g/mol. The topological polar surface area (TPSA) is 145 Å². The van der Waals surface area contributed by atoms with Crippen LogP contribution in [0.4, 0.5) is 9.59 Å². The summed E-state index contributed by atoms with van der Waals surface area (Å²) in [6.07, 6.45) is 1.60. The molecule has 0 aliphatic rings. The minimum absolute atomic E-state index is 0.220. The standard InChI is InChI=1S/C10H24N6O2/c1-7(3-4-15(13)9(11)17)5-8(2)6-16(14)10(12)18/h7-8H,3-6,13-14H2,1-2H3,(H2,11,17)(H2,12,18). The highest BCUT2D eigenvalue weighted by Crippen LogP contribution is 2.15. The van der Waals surface area contributed by atoms with Crippen molar-refractivity contribution in [3.63, 3.8) is 0 Å². The van der Waals surface area contributed by atoms with Crippen molar-refractivity contribution in [3.05, 3.63) is 0 Å². The molecule has 0 saturated carbocycles. The zero-order valence-corrected chi connectivity index (χ0v) is 11.0. The third kappa shape index (κ3) is 6.92. The zero-order valence-electron chi connectivity index (χ0n) is 11.0. The van der Waals surface area contributed by atoms with Gasteiger partial charge in [-0.2, -0.15) is 0 Å². The summed E-state index contributed by atoms with van der Waals surface area (Å²) in [5.41, 5.74) is 10.0. The van der Waals surface area contributed by atoms with Gasteiger partial charge in [0.05, 0.1) is 0 Å². The van der Waals surface area contributed by atoms with Crippen molar-refractivity contribution in [2.45, 2.75) is 26.7 Å². The van der Waals surface area contributed by atoms with Crippen molar-refractivity contribution in [3.8, 4) is 0 Å². The van der Waals surface area contributed by atoms with Crippen LogP contribution in [0.3, 0.4) is 0 Å². The second-order valence-corrected chi connectivity index (χ2v) is 4.76. The number of rotatable bonds is 7. The molecule has 8 N–H and O–H groups in total. The van der Waals surface area contributed by atoms with Gasteiger partial charge in [-0.05, 0) is 24.7 Å². The summed E-state index contributed by atoms with van der Waals surface area (Å²) >= 11 is 0. The Morgan fingerprint density at radius 1 is 1.00 bits per heavy atom. The minimum Gasteiger partial charge on any atom is -0.350 e. The molecule has 2 unspecified atom stereocenters. The number of hydrogen-bond donors (Lipinski definition) is 4. The normalized spacial score (nSPS) is 13.8. The number of urea groups is 2. The van der Waals surface area contributed by atoms with E-state index in [0.717, 1.165) is 22.9 Å². The number of nitrogens with two attached hydrogens (primary N) is 4.